The lowest BCUT2D eigenvalue weighted by Gasteiger charge is -2.30. The van der Waals surface area contributed by atoms with E-state index in [0.717, 1.165) is 32.7 Å². The Morgan fingerprint density at radius 1 is 1.12 bits per heavy atom. The number of fused-ring (bicyclic) bond motifs is 1. The number of rotatable bonds is 8. The standard InChI is InChI=1S/C30H30N6O5S/c1-18(19-4-3-5-23(12-19)41-22-8-10-35(11-9-22)30(38)39)40-26-14-27(42-28(26)29(31)37)36-17-32-24-13-20(6-7-25(24)36)21-15-33-34(2)16-21/h3-7,12-18,22H,8-11H2,1-2H3,(H2,31,37)(H,38,39). The number of imidazole rings is 1. The molecule has 2 amide bonds. The van der Waals surface area contributed by atoms with Crippen molar-refractivity contribution in [2.45, 2.75) is 32.0 Å². The van der Waals surface area contributed by atoms with Crippen molar-refractivity contribution in [3.63, 3.8) is 0 Å². The average molecular weight is 587 g/mol. The van der Waals surface area contributed by atoms with Crippen LogP contribution in [0.2, 0.25) is 0 Å². The fourth-order valence-corrected chi connectivity index (χ4v) is 6.06. The van der Waals surface area contributed by atoms with Crippen LogP contribution in [0.5, 0.6) is 11.5 Å². The van der Waals surface area contributed by atoms with Gasteiger partial charge >= 0.3 is 6.09 Å². The lowest BCUT2D eigenvalue weighted by Crippen LogP contribution is -2.41. The summed E-state index contributed by atoms with van der Waals surface area (Å²) in [5.41, 5.74) is 10.3. The minimum Gasteiger partial charge on any atom is -0.490 e. The van der Waals surface area contributed by atoms with Crippen LogP contribution in [0.1, 0.15) is 41.1 Å². The number of amides is 2. The van der Waals surface area contributed by atoms with E-state index in [1.165, 1.54) is 16.2 Å². The third-order valence-corrected chi connectivity index (χ3v) is 8.51. The Hall–Kier alpha value is -4.84. The third kappa shape index (κ3) is 5.53. The van der Waals surface area contributed by atoms with E-state index in [9.17, 15) is 14.7 Å². The first-order valence-electron chi connectivity index (χ1n) is 13.6. The second-order valence-electron chi connectivity index (χ2n) is 10.3. The van der Waals surface area contributed by atoms with Gasteiger partial charge in [-0.1, -0.05) is 18.2 Å². The molecule has 2 aromatic carbocycles. The summed E-state index contributed by atoms with van der Waals surface area (Å²) in [7, 11) is 1.88. The van der Waals surface area contributed by atoms with Crippen LogP contribution in [0, 0.1) is 0 Å². The number of nitrogens with two attached hydrogens (primary N) is 1. The van der Waals surface area contributed by atoms with Gasteiger partial charge in [0.1, 0.15) is 39.9 Å². The molecule has 1 aliphatic rings. The Morgan fingerprint density at radius 3 is 2.64 bits per heavy atom. The Bertz CT molecular complexity index is 1770. The maximum atomic E-state index is 12.4. The number of piperidine rings is 1. The topological polar surface area (TPSA) is 138 Å². The summed E-state index contributed by atoms with van der Waals surface area (Å²) in [4.78, 5) is 29.9. The van der Waals surface area contributed by atoms with E-state index in [-0.39, 0.29) is 6.10 Å². The SMILES string of the molecule is CC(Oc1cc(-n2cnc3cc(-c4cnn(C)c4)ccc32)sc1C(N)=O)c1cccc(OC2CCN(C(=O)O)CC2)c1. The highest BCUT2D eigenvalue weighted by Gasteiger charge is 2.24. The van der Waals surface area contributed by atoms with Crippen LogP contribution in [0.4, 0.5) is 4.79 Å². The quantitative estimate of drug-likeness (QED) is 0.253. The second kappa shape index (κ2) is 11.2. The van der Waals surface area contributed by atoms with Gasteiger partial charge in [-0.05, 0) is 42.3 Å². The molecule has 6 rings (SSSR count). The molecule has 0 aliphatic carbocycles. The molecule has 3 N–H and O–H groups in total. The third-order valence-electron chi connectivity index (χ3n) is 7.38. The molecule has 12 heteroatoms. The molecule has 0 radical (unpaired) electrons. The molecule has 0 spiro atoms. The van der Waals surface area contributed by atoms with Crippen molar-refractivity contribution in [2.75, 3.05) is 13.1 Å². The number of carbonyl (C=O) groups is 2. The number of carboxylic acid groups (broad SMARTS) is 1. The Labute approximate surface area is 245 Å². The Kier molecular flexibility index (Phi) is 7.29. The first kappa shape index (κ1) is 27.3. The zero-order chi connectivity index (χ0) is 29.4. The van der Waals surface area contributed by atoms with E-state index >= 15 is 0 Å². The predicted molar refractivity (Wildman–Crippen MR) is 158 cm³/mol. The van der Waals surface area contributed by atoms with Gasteiger partial charge in [-0.2, -0.15) is 5.10 Å². The molecule has 3 aromatic heterocycles. The lowest BCUT2D eigenvalue weighted by atomic mass is 10.1. The fraction of sp³-hybridized carbons (Fsp3) is 0.267. The average Bonchev–Trinajstić information content (AvgIpc) is 3.71. The lowest BCUT2D eigenvalue weighted by molar-refractivity contribution is 0.0891. The van der Waals surface area contributed by atoms with E-state index in [0.29, 0.717) is 42.3 Å². The van der Waals surface area contributed by atoms with Crippen molar-refractivity contribution in [1.29, 1.82) is 0 Å². The number of carbonyl (C=O) groups excluding carboxylic acids is 1. The van der Waals surface area contributed by atoms with Crippen LogP contribution < -0.4 is 15.2 Å². The monoisotopic (exact) mass is 586 g/mol. The molecule has 0 saturated carbocycles. The van der Waals surface area contributed by atoms with Gasteiger partial charge in [0.05, 0.1) is 17.2 Å². The van der Waals surface area contributed by atoms with Gasteiger partial charge in [0.15, 0.2) is 0 Å². The molecule has 4 heterocycles. The van der Waals surface area contributed by atoms with Gasteiger partial charge in [-0.15, -0.1) is 11.3 Å². The maximum Gasteiger partial charge on any atom is 0.407 e. The molecule has 1 atom stereocenters. The Morgan fingerprint density at radius 2 is 1.93 bits per heavy atom. The highest BCUT2D eigenvalue weighted by Crippen LogP contribution is 2.37. The smallest absolute Gasteiger partial charge is 0.407 e. The first-order valence-corrected chi connectivity index (χ1v) is 14.4. The number of likely N-dealkylation sites (tertiary alicyclic amines) is 1. The van der Waals surface area contributed by atoms with Crippen molar-refractivity contribution >= 4 is 34.4 Å². The molecule has 1 aliphatic heterocycles. The van der Waals surface area contributed by atoms with Crippen LogP contribution in [0.3, 0.4) is 0 Å². The van der Waals surface area contributed by atoms with Crippen molar-refractivity contribution in [3.8, 4) is 27.6 Å². The summed E-state index contributed by atoms with van der Waals surface area (Å²) in [6.07, 6.45) is 5.41. The molecule has 11 nitrogen and oxygen atoms in total. The fourth-order valence-electron chi connectivity index (χ4n) is 5.13. The largest absolute Gasteiger partial charge is 0.490 e. The maximum absolute atomic E-state index is 12.4. The Balaban J connectivity index is 1.20. The molecule has 42 heavy (non-hydrogen) atoms. The van der Waals surface area contributed by atoms with E-state index in [2.05, 4.69) is 10.1 Å². The van der Waals surface area contributed by atoms with Gasteiger partial charge < -0.3 is 25.2 Å². The van der Waals surface area contributed by atoms with Gasteiger partial charge in [0.25, 0.3) is 5.91 Å². The van der Waals surface area contributed by atoms with Crippen molar-refractivity contribution in [3.05, 3.63) is 77.7 Å². The number of thiophene rings is 1. The van der Waals surface area contributed by atoms with Crippen LogP contribution in [-0.2, 0) is 7.05 Å². The van der Waals surface area contributed by atoms with Crippen LogP contribution in [0.25, 0.3) is 27.2 Å². The highest BCUT2D eigenvalue weighted by atomic mass is 32.1. The van der Waals surface area contributed by atoms with Crippen molar-refractivity contribution in [2.24, 2.45) is 12.8 Å². The summed E-state index contributed by atoms with van der Waals surface area (Å²) in [6, 6.07) is 15.4. The number of hydrogen-bond acceptors (Lipinski definition) is 7. The number of ether oxygens (including phenoxy) is 2. The summed E-state index contributed by atoms with van der Waals surface area (Å²) in [6.45, 7) is 2.81. The van der Waals surface area contributed by atoms with Gasteiger partial charge in [-0.25, -0.2) is 9.78 Å². The summed E-state index contributed by atoms with van der Waals surface area (Å²) in [5.74, 6) is 0.520. The zero-order valence-corrected chi connectivity index (χ0v) is 24.0. The van der Waals surface area contributed by atoms with Gasteiger partial charge in [0.2, 0.25) is 0 Å². The molecule has 216 valence electrons. The number of benzene rings is 2. The highest BCUT2D eigenvalue weighted by molar-refractivity contribution is 7.16. The predicted octanol–water partition coefficient (Wildman–Crippen LogP) is 5.25. The molecule has 1 saturated heterocycles. The number of aromatic nitrogens is 4. The molecular weight excluding hydrogens is 556 g/mol. The van der Waals surface area contributed by atoms with E-state index in [1.807, 2.05) is 79.5 Å². The minimum atomic E-state index is -0.899. The summed E-state index contributed by atoms with van der Waals surface area (Å²) < 4.78 is 16.1. The normalized spacial score (nSPS) is 14.7. The van der Waals surface area contributed by atoms with Crippen LogP contribution in [-0.4, -0.2) is 60.5 Å². The van der Waals surface area contributed by atoms with Gasteiger partial charge in [0, 0.05) is 50.8 Å². The van der Waals surface area contributed by atoms with E-state index in [1.54, 1.807) is 11.0 Å². The number of primary amides is 1. The van der Waals surface area contributed by atoms with Crippen LogP contribution in [0.15, 0.2) is 67.3 Å². The van der Waals surface area contributed by atoms with Crippen LogP contribution >= 0.6 is 11.3 Å². The molecular formula is C30H30N6O5S. The molecule has 1 fully saturated rings. The molecule has 0 bridgehead atoms. The summed E-state index contributed by atoms with van der Waals surface area (Å²) in [5, 5.41) is 14.2. The van der Waals surface area contributed by atoms with Crippen molar-refractivity contribution < 1.29 is 24.2 Å². The van der Waals surface area contributed by atoms with Gasteiger partial charge in [-0.3, -0.25) is 14.0 Å². The number of aryl methyl sites for hydroxylation is 1. The second-order valence-corrected chi connectivity index (χ2v) is 11.3. The minimum absolute atomic E-state index is 0.0570. The summed E-state index contributed by atoms with van der Waals surface area (Å²) >= 11 is 1.25. The van der Waals surface area contributed by atoms with E-state index < -0.39 is 18.1 Å². The van der Waals surface area contributed by atoms with E-state index in [4.69, 9.17) is 15.2 Å². The number of nitrogens with zero attached hydrogens (tertiary/aromatic N) is 5. The van der Waals surface area contributed by atoms with Crippen molar-refractivity contribution in [1.82, 2.24) is 24.2 Å². The first-order chi connectivity index (χ1) is 20.2. The molecule has 1 unspecified atom stereocenters. The number of hydrogen-bond donors (Lipinski definition) is 2. The zero-order valence-electron chi connectivity index (χ0n) is 23.1. The molecule has 5 aromatic rings.